The van der Waals surface area contributed by atoms with Crippen LogP contribution in [0, 0.1) is 0 Å². The van der Waals surface area contributed by atoms with Crippen LogP contribution < -0.4 is 10.2 Å². The lowest BCUT2D eigenvalue weighted by atomic mass is 10.1. The summed E-state index contributed by atoms with van der Waals surface area (Å²) in [6.07, 6.45) is -5.06. The molecule has 0 aromatic carbocycles. The van der Waals surface area contributed by atoms with E-state index in [1.807, 2.05) is 5.43 Å². The molecule has 23 heavy (non-hydrogen) atoms. The van der Waals surface area contributed by atoms with Gasteiger partial charge in [0.15, 0.2) is 0 Å². The van der Waals surface area contributed by atoms with Crippen molar-refractivity contribution < 1.29 is 32.2 Å². The van der Waals surface area contributed by atoms with Crippen molar-refractivity contribution in [1.29, 1.82) is 0 Å². The van der Waals surface area contributed by atoms with Crippen molar-refractivity contribution in [3.8, 4) is 5.88 Å². The Hall–Kier alpha value is -2.36. The number of halogens is 3. The van der Waals surface area contributed by atoms with E-state index in [0.29, 0.717) is 0 Å². The van der Waals surface area contributed by atoms with Crippen molar-refractivity contribution in [2.24, 2.45) is 5.10 Å². The molecule has 0 saturated heterocycles. The Kier molecular flexibility index (Phi) is 5.04. The van der Waals surface area contributed by atoms with Crippen LogP contribution in [0.1, 0.15) is 18.1 Å². The summed E-state index contributed by atoms with van der Waals surface area (Å²) in [6, 6.07) is 0.852. The van der Waals surface area contributed by atoms with Gasteiger partial charge in [-0.2, -0.15) is 18.3 Å². The number of hydrogen-bond donors (Lipinski definition) is 1. The second-order valence-electron chi connectivity index (χ2n) is 4.57. The lowest BCUT2D eigenvalue weighted by Crippen LogP contribution is -2.37. The molecule has 1 amide bonds. The maximum Gasteiger partial charge on any atom is 0.428 e. The fourth-order valence-electron chi connectivity index (χ4n) is 1.87. The van der Waals surface area contributed by atoms with E-state index in [4.69, 9.17) is 14.2 Å². The highest BCUT2D eigenvalue weighted by Crippen LogP contribution is 2.35. The van der Waals surface area contributed by atoms with E-state index >= 15 is 0 Å². The Labute approximate surface area is 129 Å². The normalized spacial score (nSPS) is 18.0. The van der Waals surface area contributed by atoms with Gasteiger partial charge in [0.2, 0.25) is 5.88 Å². The second-order valence-corrected chi connectivity index (χ2v) is 4.57. The Bertz CT molecular complexity index is 619. The number of carbonyl (C=O) groups excluding carboxylic acids is 1. The lowest BCUT2D eigenvalue weighted by molar-refractivity contribution is -0.139. The van der Waals surface area contributed by atoms with Crippen molar-refractivity contribution in [3.05, 3.63) is 23.4 Å². The summed E-state index contributed by atoms with van der Waals surface area (Å²) < 4.78 is 54.1. The number of nitrogens with one attached hydrogen (secondary N) is 1. The van der Waals surface area contributed by atoms with E-state index in [0.717, 1.165) is 6.07 Å². The number of carbonyl (C=O) groups is 1. The number of aromatic nitrogens is 1. The van der Waals surface area contributed by atoms with Crippen LogP contribution in [0.2, 0.25) is 0 Å². The maximum atomic E-state index is 13.2. The van der Waals surface area contributed by atoms with E-state index in [9.17, 15) is 18.0 Å². The number of nitrogens with zero attached hydrogens (tertiary/aromatic N) is 2. The van der Waals surface area contributed by atoms with Crippen molar-refractivity contribution in [1.82, 2.24) is 10.4 Å². The number of methoxy groups -OCH3 is 1. The van der Waals surface area contributed by atoms with Crippen molar-refractivity contribution >= 4 is 11.8 Å². The van der Waals surface area contributed by atoms with Crippen LogP contribution in [-0.4, -0.2) is 43.2 Å². The average Bonchev–Trinajstić information content (AvgIpc) is 2.47. The monoisotopic (exact) mass is 333 g/mol. The fourth-order valence-corrected chi connectivity index (χ4v) is 1.87. The summed E-state index contributed by atoms with van der Waals surface area (Å²) in [5.41, 5.74) is 1.21. The predicted molar refractivity (Wildman–Crippen MR) is 72.2 cm³/mol. The summed E-state index contributed by atoms with van der Waals surface area (Å²) in [5.74, 6) is -0.549. The van der Waals surface area contributed by atoms with Gasteiger partial charge in [0.25, 0.3) is 0 Å². The highest BCUT2D eigenvalue weighted by molar-refractivity contribution is 6.05. The number of alkyl halides is 3. The number of rotatable bonds is 5. The van der Waals surface area contributed by atoms with E-state index in [-0.39, 0.29) is 24.5 Å². The zero-order valence-electron chi connectivity index (χ0n) is 12.3. The molecule has 1 aliphatic rings. The fraction of sp³-hybridized carbons (Fsp3) is 0.462. The summed E-state index contributed by atoms with van der Waals surface area (Å²) in [5, 5.41) is 3.71. The van der Waals surface area contributed by atoms with Crippen molar-refractivity contribution in [2.45, 2.75) is 19.2 Å². The number of pyridine rings is 1. The van der Waals surface area contributed by atoms with Gasteiger partial charge in [-0.3, -0.25) is 0 Å². The van der Waals surface area contributed by atoms with Crippen LogP contribution in [0.25, 0.3) is 0 Å². The zero-order valence-corrected chi connectivity index (χ0v) is 12.3. The molecule has 1 unspecified atom stereocenters. The molecular formula is C13H14F3N3O4. The molecule has 1 aromatic heterocycles. The van der Waals surface area contributed by atoms with Gasteiger partial charge in [0.05, 0.1) is 6.61 Å². The molecular weight excluding hydrogens is 319 g/mol. The number of hydrogen-bond acceptors (Lipinski definition) is 6. The molecule has 126 valence electrons. The smallest absolute Gasteiger partial charge is 0.428 e. The van der Waals surface area contributed by atoms with E-state index in [1.165, 1.54) is 20.2 Å². The molecule has 0 spiro atoms. The lowest BCUT2D eigenvalue weighted by Gasteiger charge is -2.21. The van der Waals surface area contributed by atoms with Gasteiger partial charge in [-0.15, -0.1) is 0 Å². The molecule has 1 N–H and O–H groups in total. The van der Waals surface area contributed by atoms with Gasteiger partial charge in [0.1, 0.15) is 24.0 Å². The third-order valence-electron chi connectivity index (χ3n) is 2.92. The van der Waals surface area contributed by atoms with Crippen LogP contribution in [0.5, 0.6) is 5.88 Å². The van der Waals surface area contributed by atoms with Crippen molar-refractivity contribution in [2.75, 3.05) is 20.3 Å². The Morgan fingerprint density at radius 1 is 1.39 bits per heavy atom. The second kappa shape index (κ2) is 6.82. The molecule has 7 nitrogen and oxygen atoms in total. The third kappa shape index (κ3) is 4.09. The molecule has 0 bridgehead atoms. The minimum Gasteiger partial charge on any atom is -0.475 e. The molecule has 0 radical (unpaired) electrons. The molecule has 2 heterocycles. The van der Waals surface area contributed by atoms with Crippen LogP contribution in [0.4, 0.5) is 18.0 Å². The highest BCUT2D eigenvalue weighted by atomic mass is 19.4. The first-order chi connectivity index (χ1) is 10.8. The third-order valence-corrected chi connectivity index (χ3v) is 2.92. The molecule has 10 heteroatoms. The van der Waals surface area contributed by atoms with Gasteiger partial charge in [-0.1, -0.05) is 0 Å². The number of ether oxygens (including phenoxy) is 3. The first kappa shape index (κ1) is 17.0. The van der Waals surface area contributed by atoms with Gasteiger partial charge in [-0.05, 0) is 13.0 Å². The molecule has 0 saturated carbocycles. The minimum absolute atomic E-state index is 0.0670. The topological polar surface area (TPSA) is 82.0 Å². The minimum atomic E-state index is -4.66. The van der Waals surface area contributed by atoms with Gasteiger partial charge in [0, 0.05) is 18.9 Å². The molecule has 2 rings (SSSR count). The summed E-state index contributed by atoms with van der Waals surface area (Å²) in [7, 11) is 1.40. The Morgan fingerprint density at radius 2 is 2.13 bits per heavy atom. The Morgan fingerprint density at radius 3 is 2.74 bits per heavy atom. The van der Waals surface area contributed by atoms with E-state index in [1.54, 1.807) is 0 Å². The largest absolute Gasteiger partial charge is 0.475 e. The quantitative estimate of drug-likeness (QED) is 0.833. The van der Waals surface area contributed by atoms with Crippen molar-refractivity contribution in [3.63, 3.8) is 0 Å². The summed E-state index contributed by atoms with van der Waals surface area (Å²) in [4.78, 5) is 14.7. The number of cyclic esters (lactones) is 1. The summed E-state index contributed by atoms with van der Waals surface area (Å²) in [6.45, 7) is 1.56. The van der Waals surface area contributed by atoms with Crippen LogP contribution >= 0.6 is 0 Å². The average molecular weight is 333 g/mol. The predicted octanol–water partition coefficient (Wildman–Crippen LogP) is 1.96. The molecule has 0 aliphatic carbocycles. The van der Waals surface area contributed by atoms with E-state index in [2.05, 4.69) is 10.1 Å². The van der Waals surface area contributed by atoms with Gasteiger partial charge in [-0.25, -0.2) is 15.2 Å². The molecule has 0 fully saturated rings. The first-order valence-corrected chi connectivity index (χ1v) is 6.56. The van der Waals surface area contributed by atoms with E-state index < -0.39 is 29.8 Å². The van der Waals surface area contributed by atoms with Gasteiger partial charge >= 0.3 is 12.3 Å². The van der Waals surface area contributed by atoms with Crippen LogP contribution in [-0.2, 0) is 15.7 Å². The number of hydrazone groups is 1. The maximum absolute atomic E-state index is 13.2. The molecule has 1 atom stereocenters. The van der Waals surface area contributed by atoms with Gasteiger partial charge < -0.3 is 14.2 Å². The van der Waals surface area contributed by atoms with Crippen LogP contribution in [0.15, 0.2) is 17.4 Å². The van der Waals surface area contributed by atoms with Crippen LogP contribution in [0.3, 0.4) is 0 Å². The summed E-state index contributed by atoms with van der Waals surface area (Å²) >= 11 is 0. The molecule has 1 aromatic rings. The highest BCUT2D eigenvalue weighted by Gasteiger charge is 2.37. The number of amides is 1. The zero-order chi connectivity index (χ0) is 17.0. The Balaban J connectivity index is 2.35. The SMILES string of the molecule is COCCOc1ncc(C2=NNC(=O)OC2C)cc1C(F)(F)F. The molecule has 1 aliphatic heterocycles. The standard InChI is InChI=1S/C13H14F3N3O4/c1-7-10(18-19-12(20)23-7)8-5-9(13(14,15)16)11(17-6-8)22-4-3-21-2/h5-7H,3-4H2,1-2H3,(H,19,20). The first-order valence-electron chi connectivity index (χ1n) is 6.56.